The Balaban J connectivity index is 1.49. The highest BCUT2D eigenvalue weighted by molar-refractivity contribution is 7.20. The van der Waals surface area contributed by atoms with Gasteiger partial charge >= 0.3 is 5.97 Å². The highest BCUT2D eigenvalue weighted by Crippen LogP contribution is 2.28. The summed E-state index contributed by atoms with van der Waals surface area (Å²) in [7, 11) is 0. The van der Waals surface area contributed by atoms with Gasteiger partial charge in [0.05, 0.1) is 4.88 Å². The second-order valence-corrected chi connectivity index (χ2v) is 7.83. The van der Waals surface area contributed by atoms with Crippen LogP contribution in [-0.2, 0) is 9.53 Å². The first kappa shape index (κ1) is 17.1. The van der Waals surface area contributed by atoms with Crippen LogP contribution < -0.4 is 5.32 Å². The molecule has 1 aliphatic carbocycles. The average Bonchev–Trinajstić information content (AvgIpc) is 3.25. The standard InChI is InChI=1S/C17H20N2O3S2/c1-11-5-2-3-6-12(11)18-15(20)9-22-17(21)13-10-24-16(19-13)14-7-4-8-23-14/h4,7-8,10-12H,2-3,5-6,9H2,1H3,(H,18,20)/t11-,12+/m0/s1. The molecule has 1 saturated carbocycles. The Kier molecular flexibility index (Phi) is 5.63. The van der Waals surface area contributed by atoms with E-state index in [-0.39, 0.29) is 24.2 Å². The van der Waals surface area contributed by atoms with Gasteiger partial charge in [-0.25, -0.2) is 9.78 Å². The topological polar surface area (TPSA) is 68.3 Å². The minimum atomic E-state index is -0.555. The zero-order valence-electron chi connectivity index (χ0n) is 13.5. The predicted molar refractivity (Wildman–Crippen MR) is 95.3 cm³/mol. The lowest BCUT2D eigenvalue weighted by Crippen LogP contribution is -2.42. The van der Waals surface area contributed by atoms with E-state index in [0.717, 1.165) is 29.1 Å². The van der Waals surface area contributed by atoms with Crippen molar-refractivity contribution in [3.8, 4) is 9.88 Å². The van der Waals surface area contributed by atoms with Crippen LogP contribution >= 0.6 is 22.7 Å². The Bertz CT molecular complexity index is 697. The van der Waals surface area contributed by atoms with E-state index < -0.39 is 5.97 Å². The second-order valence-electron chi connectivity index (χ2n) is 6.03. The van der Waals surface area contributed by atoms with E-state index in [1.165, 1.54) is 17.8 Å². The van der Waals surface area contributed by atoms with Crippen LogP contribution in [0.1, 0.15) is 43.1 Å². The minimum absolute atomic E-state index is 0.189. The molecule has 0 spiro atoms. The fraction of sp³-hybridized carbons (Fsp3) is 0.471. The minimum Gasteiger partial charge on any atom is -0.451 e. The number of nitrogens with zero attached hydrogens (tertiary/aromatic N) is 1. The second kappa shape index (κ2) is 7.90. The van der Waals surface area contributed by atoms with Crippen LogP contribution in [0.5, 0.6) is 0 Å². The number of nitrogens with one attached hydrogen (secondary N) is 1. The number of carbonyl (C=O) groups is 2. The zero-order chi connectivity index (χ0) is 16.9. The van der Waals surface area contributed by atoms with Crippen molar-refractivity contribution < 1.29 is 14.3 Å². The van der Waals surface area contributed by atoms with Crippen molar-refractivity contribution in [2.24, 2.45) is 5.92 Å². The Hall–Kier alpha value is -1.73. The molecule has 0 aliphatic heterocycles. The summed E-state index contributed by atoms with van der Waals surface area (Å²) in [6.07, 6.45) is 4.49. The van der Waals surface area contributed by atoms with Gasteiger partial charge < -0.3 is 10.1 Å². The first-order chi connectivity index (χ1) is 11.6. The normalized spacial score (nSPS) is 20.5. The highest BCUT2D eigenvalue weighted by Gasteiger charge is 2.23. The lowest BCUT2D eigenvalue weighted by molar-refractivity contribution is -0.125. The van der Waals surface area contributed by atoms with Crippen molar-refractivity contribution in [2.45, 2.75) is 38.6 Å². The van der Waals surface area contributed by atoms with E-state index in [1.807, 2.05) is 17.5 Å². The maximum Gasteiger partial charge on any atom is 0.358 e. The summed E-state index contributed by atoms with van der Waals surface area (Å²) in [5.41, 5.74) is 0.252. The van der Waals surface area contributed by atoms with Crippen molar-refractivity contribution in [1.82, 2.24) is 10.3 Å². The van der Waals surface area contributed by atoms with Crippen molar-refractivity contribution in [2.75, 3.05) is 6.61 Å². The molecule has 2 heterocycles. The zero-order valence-corrected chi connectivity index (χ0v) is 15.1. The van der Waals surface area contributed by atoms with E-state index in [1.54, 1.807) is 16.7 Å². The van der Waals surface area contributed by atoms with Gasteiger partial charge in [0.1, 0.15) is 5.01 Å². The lowest BCUT2D eigenvalue weighted by Gasteiger charge is -2.29. The molecule has 0 saturated heterocycles. The molecule has 3 rings (SSSR count). The van der Waals surface area contributed by atoms with Gasteiger partial charge in [-0.1, -0.05) is 25.8 Å². The third kappa shape index (κ3) is 4.21. The first-order valence-corrected chi connectivity index (χ1v) is 9.85. The smallest absolute Gasteiger partial charge is 0.358 e. The Labute approximate surface area is 149 Å². The number of esters is 1. The quantitative estimate of drug-likeness (QED) is 0.821. The van der Waals surface area contributed by atoms with Crippen molar-refractivity contribution >= 4 is 34.6 Å². The van der Waals surface area contributed by atoms with Gasteiger partial charge in [-0.05, 0) is 30.2 Å². The number of carbonyl (C=O) groups excluding carboxylic acids is 2. The molecule has 0 unspecified atom stereocenters. The van der Waals surface area contributed by atoms with Crippen LogP contribution in [-0.4, -0.2) is 29.5 Å². The van der Waals surface area contributed by atoms with Gasteiger partial charge in [0.2, 0.25) is 0 Å². The van der Waals surface area contributed by atoms with E-state index in [2.05, 4.69) is 17.2 Å². The molecular formula is C17H20N2O3S2. The number of hydrogen-bond donors (Lipinski definition) is 1. The van der Waals surface area contributed by atoms with Gasteiger partial charge in [0, 0.05) is 11.4 Å². The molecule has 2 aromatic heterocycles. The average molecular weight is 364 g/mol. The number of thiophene rings is 1. The number of hydrogen-bond acceptors (Lipinski definition) is 6. The van der Waals surface area contributed by atoms with Crippen molar-refractivity contribution in [1.29, 1.82) is 0 Å². The lowest BCUT2D eigenvalue weighted by atomic mass is 9.86. The molecular weight excluding hydrogens is 344 g/mol. The summed E-state index contributed by atoms with van der Waals surface area (Å²) in [6, 6.07) is 4.09. The number of rotatable bonds is 5. The molecule has 0 aromatic carbocycles. The van der Waals surface area contributed by atoms with E-state index >= 15 is 0 Å². The highest BCUT2D eigenvalue weighted by atomic mass is 32.1. The van der Waals surface area contributed by atoms with Gasteiger partial charge in [0.25, 0.3) is 5.91 Å². The molecule has 0 radical (unpaired) electrons. The van der Waals surface area contributed by atoms with Crippen LogP contribution in [0.3, 0.4) is 0 Å². The fourth-order valence-corrected chi connectivity index (χ4v) is 4.47. The van der Waals surface area contributed by atoms with E-state index in [0.29, 0.717) is 5.92 Å². The van der Waals surface area contributed by atoms with Crippen LogP contribution in [0.4, 0.5) is 0 Å². The van der Waals surface area contributed by atoms with Gasteiger partial charge in [-0.2, -0.15) is 0 Å². The van der Waals surface area contributed by atoms with Crippen LogP contribution in [0.15, 0.2) is 22.9 Å². The molecule has 7 heteroatoms. The number of amides is 1. The predicted octanol–water partition coefficient (Wildman–Crippen LogP) is 3.72. The number of aromatic nitrogens is 1. The van der Waals surface area contributed by atoms with Crippen LogP contribution in [0.2, 0.25) is 0 Å². The molecule has 2 aromatic rings. The molecule has 24 heavy (non-hydrogen) atoms. The Morgan fingerprint density at radius 3 is 2.92 bits per heavy atom. The van der Waals surface area contributed by atoms with Gasteiger partial charge in [-0.15, -0.1) is 22.7 Å². The molecule has 0 bridgehead atoms. The van der Waals surface area contributed by atoms with Crippen molar-refractivity contribution in [3.63, 3.8) is 0 Å². The Morgan fingerprint density at radius 1 is 1.33 bits per heavy atom. The van der Waals surface area contributed by atoms with Gasteiger partial charge in [0.15, 0.2) is 12.3 Å². The van der Waals surface area contributed by atoms with Crippen LogP contribution in [0.25, 0.3) is 9.88 Å². The summed E-state index contributed by atoms with van der Waals surface area (Å²) < 4.78 is 5.09. The summed E-state index contributed by atoms with van der Waals surface area (Å²) in [6.45, 7) is 1.89. The van der Waals surface area contributed by atoms with Crippen molar-refractivity contribution in [3.05, 3.63) is 28.6 Å². The number of thiazole rings is 1. The molecule has 1 aliphatic rings. The Morgan fingerprint density at radius 2 is 2.17 bits per heavy atom. The molecule has 128 valence electrons. The summed E-state index contributed by atoms with van der Waals surface area (Å²) in [5.74, 6) is -0.318. The monoisotopic (exact) mass is 364 g/mol. The number of ether oxygens (including phenoxy) is 1. The summed E-state index contributed by atoms with van der Waals surface area (Å²) in [5, 5.41) is 7.39. The first-order valence-electron chi connectivity index (χ1n) is 8.09. The maximum atomic E-state index is 12.0. The molecule has 5 nitrogen and oxygen atoms in total. The third-order valence-corrected chi connectivity index (χ3v) is 6.12. The summed E-state index contributed by atoms with van der Waals surface area (Å²) >= 11 is 2.97. The largest absolute Gasteiger partial charge is 0.451 e. The van der Waals surface area contributed by atoms with Crippen LogP contribution in [0, 0.1) is 5.92 Å². The fourth-order valence-electron chi connectivity index (χ4n) is 2.87. The molecule has 2 atom stereocenters. The SMILES string of the molecule is C[C@H]1CCCC[C@H]1NC(=O)COC(=O)c1csc(-c2cccs2)n1. The molecule has 1 N–H and O–H groups in total. The molecule has 1 fully saturated rings. The molecule has 1 amide bonds. The maximum absolute atomic E-state index is 12.0. The van der Waals surface area contributed by atoms with Gasteiger partial charge in [-0.3, -0.25) is 4.79 Å². The van der Waals surface area contributed by atoms with E-state index in [9.17, 15) is 9.59 Å². The van der Waals surface area contributed by atoms with E-state index in [4.69, 9.17) is 4.74 Å². The third-order valence-electron chi connectivity index (χ3n) is 4.24. The summed E-state index contributed by atoms with van der Waals surface area (Å²) in [4.78, 5) is 29.3.